The lowest BCUT2D eigenvalue weighted by atomic mass is 9.88. The Morgan fingerprint density at radius 1 is 1.25 bits per heavy atom. The highest BCUT2D eigenvalue weighted by molar-refractivity contribution is 5.37. The van der Waals surface area contributed by atoms with E-state index in [4.69, 9.17) is 0 Å². The van der Waals surface area contributed by atoms with E-state index in [2.05, 4.69) is 62.2 Å². The van der Waals surface area contributed by atoms with Crippen LogP contribution in [-0.2, 0) is 5.41 Å². The molecule has 0 spiro atoms. The molecule has 1 rings (SSSR count). The van der Waals surface area contributed by atoms with Crippen molar-refractivity contribution in [1.82, 2.24) is 9.88 Å². The number of pyridine rings is 1. The summed E-state index contributed by atoms with van der Waals surface area (Å²) >= 11 is 0. The van der Waals surface area contributed by atoms with Crippen molar-refractivity contribution in [3.63, 3.8) is 0 Å². The molecule has 0 atom stereocenters. The van der Waals surface area contributed by atoms with E-state index >= 15 is 0 Å². The molecule has 1 N–H and O–H groups in total. The largest absolute Gasteiger partial charge is 0.369 e. The van der Waals surface area contributed by atoms with E-state index in [9.17, 15) is 0 Å². The van der Waals surface area contributed by atoms with Crippen LogP contribution in [0.2, 0.25) is 0 Å². The summed E-state index contributed by atoms with van der Waals surface area (Å²) in [6.45, 7) is 8.53. The molecule has 0 aliphatic carbocycles. The van der Waals surface area contributed by atoms with Gasteiger partial charge in [0.1, 0.15) is 5.82 Å². The number of hydrogen-bond acceptors (Lipinski definition) is 3. The van der Waals surface area contributed by atoms with Crippen LogP contribution in [0, 0.1) is 0 Å². The first kappa shape index (κ1) is 13.0. The van der Waals surface area contributed by atoms with Crippen LogP contribution in [0.4, 0.5) is 5.82 Å². The molecule has 0 bridgehead atoms. The summed E-state index contributed by atoms with van der Waals surface area (Å²) in [4.78, 5) is 6.56. The average molecular weight is 221 g/mol. The zero-order valence-corrected chi connectivity index (χ0v) is 11.0. The van der Waals surface area contributed by atoms with Gasteiger partial charge in [0.05, 0.1) is 0 Å². The summed E-state index contributed by atoms with van der Waals surface area (Å²) in [6.07, 6.45) is 1.96. The van der Waals surface area contributed by atoms with Crippen LogP contribution < -0.4 is 5.32 Å². The molecule has 16 heavy (non-hydrogen) atoms. The number of aromatic nitrogens is 1. The second-order valence-electron chi connectivity index (χ2n) is 5.41. The highest BCUT2D eigenvalue weighted by Crippen LogP contribution is 2.21. The topological polar surface area (TPSA) is 28.2 Å². The Bertz CT molecular complexity index is 309. The van der Waals surface area contributed by atoms with Crippen LogP contribution in [-0.4, -0.2) is 37.1 Å². The highest BCUT2D eigenvalue weighted by Gasteiger charge is 2.13. The van der Waals surface area contributed by atoms with Gasteiger partial charge in [-0.3, -0.25) is 0 Å². The van der Waals surface area contributed by atoms with Crippen LogP contribution in [0.5, 0.6) is 0 Å². The maximum atomic E-state index is 4.41. The molecule has 0 radical (unpaired) electrons. The lowest BCUT2D eigenvalue weighted by Gasteiger charge is -2.18. The van der Waals surface area contributed by atoms with Crippen molar-refractivity contribution in [3.8, 4) is 0 Å². The molecule has 3 heteroatoms. The minimum Gasteiger partial charge on any atom is -0.369 e. The molecule has 0 aliphatic rings. The van der Waals surface area contributed by atoms with Crippen molar-refractivity contribution >= 4 is 5.82 Å². The van der Waals surface area contributed by atoms with E-state index < -0.39 is 0 Å². The van der Waals surface area contributed by atoms with Crippen LogP contribution in [0.3, 0.4) is 0 Å². The molecule has 1 heterocycles. The smallest absolute Gasteiger partial charge is 0.125 e. The SMILES string of the molecule is CN(C)CCNc1ccc(C(C)(C)C)cn1. The third kappa shape index (κ3) is 4.19. The minimum atomic E-state index is 0.176. The van der Waals surface area contributed by atoms with E-state index in [0.717, 1.165) is 18.9 Å². The fourth-order valence-corrected chi connectivity index (χ4v) is 1.35. The summed E-state index contributed by atoms with van der Waals surface area (Å²) in [7, 11) is 4.13. The normalized spacial score (nSPS) is 11.9. The molecule has 0 fully saturated rings. The first-order valence-electron chi connectivity index (χ1n) is 5.75. The number of anilines is 1. The molecule has 0 unspecified atom stereocenters. The van der Waals surface area contributed by atoms with Gasteiger partial charge in [-0.15, -0.1) is 0 Å². The van der Waals surface area contributed by atoms with Gasteiger partial charge in [-0.25, -0.2) is 4.98 Å². The monoisotopic (exact) mass is 221 g/mol. The van der Waals surface area contributed by atoms with Crippen LogP contribution in [0.1, 0.15) is 26.3 Å². The summed E-state index contributed by atoms with van der Waals surface area (Å²) in [5.74, 6) is 0.954. The molecule has 0 amide bonds. The number of nitrogens with one attached hydrogen (secondary N) is 1. The predicted octanol–water partition coefficient (Wildman–Crippen LogP) is 2.35. The van der Waals surface area contributed by atoms with Gasteiger partial charge in [-0.1, -0.05) is 26.8 Å². The van der Waals surface area contributed by atoms with Crippen LogP contribution >= 0.6 is 0 Å². The molecule has 90 valence electrons. The molecular weight excluding hydrogens is 198 g/mol. The number of likely N-dealkylation sites (N-methyl/N-ethyl adjacent to an activating group) is 1. The minimum absolute atomic E-state index is 0.176. The highest BCUT2D eigenvalue weighted by atomic mass is 15.1. The Labute approximate surface area is 98.9 Å². The van der Waals surface area contributed by atoms with Gasteiger partial charge in [0, 0.05) is 19.3 Å². The number of hydrogen-bond donors (Lipinski definition) is 1. The van der Waals surface area contributed by atoms with Gasteiger partial charge in [-0.2, -0.15) is 0 Å². The standard InChI is InChI=1S/C13H23N3/c1-13(2,3)11-6-7-12(15-10-11)14-8-9-16(4)5/h6-7,10H,8-9H2,1-5H3,(H,14,15). The van der Waals surface area contributed by atoms with Gasteiger partial charge in [-0.05, 0) is 31.1 Å². The molecule has 1 aromatic heterocycles. The van der Waals surface area contributed by atoms with E-state index in [1.165, 1.54) is 5.56 Å². The quantitative estimate of drug-likeness (QED) is 0.846. The molecule has 1 aromatic rings. The molecular formula is C13H23N3. The third-order valence-corrected chi connectivity index (χ3v) is 2.49. The lowest BCUT2D eigenvalue weighted by molar-refractivity contribution is 0.425. The number of rotatable bonds is 4. The van der Waals surface area contributed by atoms with Gasteiger partial charge < -0.3 is 10.2 Å². The van der Waals surface area contributed by atoms with Crippen molar-refractivity contribution in [3.05, 3.63) is 23.9 Å². The first-order chi connectivity index (χ1) is 7.39. The fourth-order valence-electron chi connectivity index (χ4n) is 1.35. The number of nitrogens with zero attached hydrogens (tertiary/aromatic N) is 2. The van der Waals surface area contributed by atoms with Crippen LogP contribution in [0.15, 0.2) is 18.3 Å². The zero-order chi connectivity index (χ0) is 12.2. The third-order valence-electron chi connectivity index (χ3n) is 2.49. The predicted molar refractivity (Wildman–Crippen MR) is 70.0 cm³/mol. The Morgan fingerprint density at radius 2 is 1.94 bits per heavy atom. The Balaban J connectivity index is 2.52. The molecule has 0 aliphatic heterocycles. The molecule has 0 saturated heterocycles. The molecule has 0 aromatic carbocycles. The summed E-state index contributed by atoms with van der Waals surface area (Å²) in [5, 5.41) is 3.30. The van der Waals surface area contributed by atoms with E-state index in [-0.39, 0.29) is 5.41 Å². The second kappa shape index (κ2) is 5.30. The fraction of sp³-hybridized carbons (Fsp3) is 0.615. The van der Waals surface area contributed by atoms with Gasteiger partial charge in [0.25, 0.3) is 0 Å². The molecule has 0 saturated carbocycles. The first-order valence-corrected chi connectivity index (χ1v) is 5.75. The van der Waals surface area contributed by atoms with Gasteiger partial charge in [0.15, 0.2) is 0 Å². The Kier molecular flexibility index (Phi) is 4.30. The zero-order valence-electron chi connectivity index (χ0n) is 11.0. The summed E-state index contributed by atoms with van der Waals surface area (Å²) in [5.41, 5.74) is 1.44. The van der Waals surface area contributed by atoms with E-state index in [1.807, 2.05) is 6.20 Å². The van der Waals surface area contributed by atoms with Crippen molar-refractivity contribution in [2.45, 2.75) is 26.2 Å². The van der Waals surface area contributed by atoms with Crippen molar-refractivity contribution in [2.24, 2.45) is 0 Å². The Hall–Kier alpha value is -1.09. The summed E-state index contributed by atoms with van der Waals surface area (Å²) in [6, 6.07) is 4.20. The van der Waals surface area contributed by atoms with Gasteiger partial charge in [0.2, 0.25) is 0 Å². The lowest BCUT2D eigenvalue weighted by Crippen LogP contribution is -2.21. The van der Waals surface area contributed by atoms with Gasteiger partial charge >= 0.3 is 0 Å². The van der Waals surface area contributed by atoms with Crippen LogP contribution in [0.25, 0.3) is 0 Å². The second-order valence-corrected chi connectivity index (χ2v) is 5.41. The maximum Gasteiger partial charge on any atom is 0.125 e. The average Bonchev–Trinajstić information content (AvgIpc) is 2.16. The van der Waals surface area contributed by atoms with Crippen molar-refractivity contribution in [1.29, 1.82) is 0 Å². The van der Waals surface area contributed by atoms with Crippen molar-refractivity contribution < 1.29 is 0 Å². The van der Waals surface area contributed by atoms with E-state index in [1.54, 1.807) is 0 Å². The maximum absolute atomic E-state index is 4.41. The summed E-state index contributed by atoms with van der Waals surface area (Å²) < 4.78 is 0. The van der Waals surface area contributed by atoms with E-state index in [0.29, 0.717) is 0 Å². The van der Waals surface area contributed by atoms with Crippen molar-refractivity contribution in [2.75, 3.05) is 32.5 Å². The molecule has 3 nitrogen and oxygen atoms in total. The Morgan fingerprint density at radius 3 is 2.38 bits per heavy atom.